The van der Waals surface area contributed by atoms with E-state index in [2.05, 4.69) is 0 Å². The summed E-state index contributed by atoms with van der Waals surface area (Å²) in [5.74, 6) is -0.970. The molecule has 21 heavy (non-hydrogen) atoms. The Balaban J connectivity index is 2.28. The summed E-state index contributed by atoms with van der Waals surface area (Å²) in [6, 6.07) is 6.03. The molecule has 1 aromatic carbocycles. The second-order valence-electron chi connectivity index (χ2n) is 4.67. The Morgan fingerprint density at radius 1 is 1.14 bits per heavy atom. The fraction of sp³-hybridized carbons (Fsp3) is 0.333. The van der Waals surface area contributed by atoms with E-state index in [9.17, 15) is 22.7 Å². The maximum absolute atomic E-state index is 13.0. The highest BCUT2D eigenvalue weighted by atomic mass is 32.1. The van der Waals surface area contributed by atoms with Gasteiger partial charge in [0, 0.05) is 16.2 Å². The predicted molar refractivity (Wildman–Crippen MR) is 73.8 cm³/mol. The van der Waals surface area contributed by atoms with Gasteiger partial charge in [-0.2, -0.15) is 13.2 Å². The lowest BCUT2D eigenvalue weighted by Crippen LogP contribution is -2.13. The molecule has 1 nitrogen and oxygen atoms in total. The van der Waals surface area contributed by atoms with Gasteiger partial charge in [-0.3, -0.25) is 0 Å². The van der Waals surface area contributed by atoms with Crippen LogP contribution in [0.15, 0.2) is 30.3 Å². The molecule has 1 unspecified atom stereocenters. The standard InChI is InChI=1S/C15H14F4OS/c1-2-10-4-5-11(21-10)8-14(20)12-6-3-9(16)7-13(12)15(17,18)19/h3-7,14,20H,2,8H2,1H3. The summed E-state index contributed by atoms with van der Waals surface area (Å²) in [5, 5.41) is 10.1. The normalized spacial score (nSPS) is 13.4. The van der Waals surface area contributed by atoms with Crippen LogP contribution in [0.1, 0.15) is 33.9 Å². The van der Waals surface area contributed by atoms with Gasteiger partial charge >= 0.3 is 6.18 Å². The number of aliphatic hydroxyl groups is 1. The zero-order valence-electron chi connectivity index (χ0n) is 11.2. The Labute approximate surface area is 123 Å². The highest BCUT2D eigenvalue weighted by molar-refractivity contribution is 7.11. The van der Waals surface area contributed by atoms with Crippen molar-refractivity contribution in [3.05, 3.63) is 57.0 Å². The molecule has 0 saturated heterocycles. The molecule has 6 heteroatoms. The molecule has 0 bridgehead atoms. The monoisotopic (exact) mass is 318 g/mol. The smallest absolute Gasteiger partial charge is 0.388 e. The van der Waals surface area contributed by atoms with Crippen molar-refractivity contribution in [2.45, 2.75) is 32.0 Å². The third-order valence-electron chi connectivity index (χ3n) is 3.14. The van der Waals surface area contributed by atoms with Crippen LogP contribution >= 0.6 is 11.3 Å². The molecule has 0 saturated carbocycles. The van der Waals surface area contributed by atoms with E-state index in [0.717, 1.165) is 28.3 Å². The number of hydrogen-bond donors (Lipinski definition) is 1. The Morgan fingerprint density at radius 3 is 2.38 bits per heavy atom. The number of rotatable bonds is 4. The fourth-order valence-corrected chi connectivity index (χ4v) is 3.08. The number of benzene rings is 1. The summed E-state index contributed by atoms with van der Waals surface area (Å²) < 4.78 is 51.8. The highest BCUT2D eigenvalue weighted by Gasteiger charge is 2.35. The maximum Gasteiger partial charge on any atom is 0.416 e. The fourth-order valence-electron chi connectivity index (χ4n) is 2.09. The molecule has 114 valence electrons. The van der Waals surface area contributed by atoms with Crippen LogP contribution < -0.4 is 0 Å². The number of aliphatic hydroxyl groups excluding tert-OH is 1. The summed E-state index contributed by atoms with van der Waals surface area (Å²) in [5.41, 5.74) is -1.42. The Kier molecular flexibility index (Phi) is 4.68. The SMILES string of the molecule is CCc1ccc(CC(O)c2ccc(F)cc2C(F)(F)F)s1. The second kappa shape index (κ2) is 6.15. The average Bonchev–Trinajstić information content (AvgIpc) is 2.85. The first-order valence-electron chi connectivity index (χ1n) is 6.43. The number of hydrogen-bond acceptors (Lipinski definition) is 2. The first-order chi connectivity index (χ1) is 9.81. The Hall–Kier alpha value is -1.40. The second-order valence-corrected chi connectivity index (χ2v) is 5.92. The van der Waals surface area contributed by atoms with Crippen molar-refractivity contribution < 1.29 is 22.7 Å². The molecule has 2 rings (SSSR count). The largest absolute Gasteiger partial charge is 0.416 e. The molecule has 1 N–H and O–H groups in total. The van der Waals surface area contributed by atoms with Crippen molar-refractivity contribution in [2.75, 3.05) is 0 Å². The molecule has 2 aromatic rings. The van der Waals surface area contributed by atoms with Gasteiger partial charge in [-0.05, 0) is 36.2 Å². The first-order valence-corrected chi connectivity index (χ1v) is 7.25. The molecule has 0 aliphatic heterocycles. The molecule has 0 aliphatic carbocycles. The highest BCUT2D eigenvalue weighted by Crippen LogP contribution is 2.36. The van der Waals surface area contributed by atoms with E-state index >= 15 is 0 Å². The van der Waals surface area contributed by atoms with Gasteiger partial charge in [0.1, 0.15) is 5.82 Å². The number of thiophene rings is 1. The summed E-state index contributed by atoms with van der Waals surface area (Å²) >= 11 is 1.46. The molecular weight excluding hydrogens is 304 g/mol. The van der Waals surface area contributed by atoms with Crippen LogP contribution in [0.3, 0.4) is 0 Å². The summed E-state index contributed by atoms with van der Waals surface area (Å²) in [6.07, 6.45) is -5.09. The van der Waals surface area contributed by atoms with Gasteiger partial charge in [-0.1, -0.05) is 13.0 Å². The van der Waals surface area contributed by atoms with Gasteiger partial charge in [0.25, 0.3) is 0 Å². The topological polar surface area (TPSA) is 20.2 Å². The van der Waals surface area contributed by atoms with Gasteiger partial charge < -0.3 is 5.11 Å². The van der Waals surface area contributed by atoms with E-state index in [0.29, 0.717) is 6.07 Å². The minimum atomic E-state index is -4.69. The zero-order chi connectivity index (χ0) is 15.6. The van der Waals surface area contributed by atoms with Crippen LogP contribution in [0.4, 0.5) is 17.6 Å². The Morgan fingerprint density at radius 2 is 1.81 bits per heavy atom. The summed E-state index contributed by atoms with van der Waals surface area (Å²) in [6.45, 7) is 1.98. The molecule has 0 radical (unpaired) electrons. The van der Waals surface area contributed by atoms with E-state index in [1.165, 1.54) is 11.3 Å². The van der Waals surface area contributed by atoms with E-state index in [1.54, 1.807) is 6.07 Å². The van der Waals surface area contributed by atoms with Crippen LogP contribution in [-0.4, -0.2) is 5.11 Å². The molecule has 0 amide bonds. The maximum atomic E-state index is 13.0. The number of halogens is 4. The van der Waals surface area contributed by atoms with Crippen molar-refractivity contribution in [2.24, 2.45) is 0 Å². The summed E-state index contributed by atoms with van der Waals surface area (Å²) in [7, 11) is 0. The molecule has 0 aliphatic rings. The lowest BCUT2D eigenvalue weighted by Gasteiger charge is -2.17. The number of alkyl halides is 3. The summed E-state index contributed by atoms with van der Waals surface area (Å²) in [4.78, 5) is 1.91. The minimum absolute atomic E-state index is 0.0827. The van der Waals surface area contributed by atoms with Gasteiger partial charge in [0.15, 0.2) is 0 Å². The molecule has 0 spiro atoms. The van der Waals surface area contributed by atoms with Gasteiger partial charge in [-0.25, -0.2) is 4.39 Å². The molecule has 1 aromatic heterocycles. The third-order valence-corrected chi connectivity index (χ3v) is 4.39. The molecule has 0 fully saturated rings. The van der Waals surface area contributed by atoms with Crippen LogP contribution in [0.2, 0.25) is 0 Å². The average molecular weight is 318 g/mol. The lowest BCUT2D eigenvalue weighted by atomic mass is 9.99. The van der Waals surface area contributed by atoms with Gasteiger partial charge in [-0.15, -0.1) is 11.3 Å². The first kappa shape index (κ1) is 16.0. The van der Waals surface area contributed by atoms with Crippen LogP contribution in [0.5, 0.6) is 0 Å². The van der Waals surface area contributed by atoms with Gasteiger partial charge in [0.2, 0.25) is 0 Å². The van der Waals surface area contributed by atoms with Crippen molar-refractivity contribution in [1.29, 1.82) is 0 Å². The molecular formula is C15H14F4OS. The third kappa shape index (κ3) is 3.83. The van der Waals surface area contributed by atoms with Gasteiger partial charge in [0.05, 0.1) is 11.7 Å². The quantitative estimate of drug-likeness (QED) is 0.807. The van der Waals surface area contributed by atoms with Crippen LogP contribution in [0.25, 0.3) is 0 Å². The van der Waals surface area contributed by atoms with Crippen molar-refractivity contribution in [3.8, 4) is 0 Å². The van der Waals surface area contributed by atoms with E-state index < -0.39 is 23.7 Å². The van der Waals surface area contributed by atoms with Crippen LogP contribution in [0, 0.1) is 5.82 Å². The van der Waals surface area contributed by atoms with Crippen molar-refractivity contribution in [3.63, 3.8) is 0 Å². The predicted octanol–water partition coefficient (Wildman–Crippen LogP) is 4.74. The van der Waals surface area contributed by atoms with Crippen molar-refractivity contribution >= 4 is 11.3 Å². The zero-order valence-corrected chi connectivity index (χ0v) is 12.1. The van der Waals surface area contributed by atoms with Crippen molar-refractivity contribution in [1.82, 2.24) is 0 Å². The van der Waals surface area contributed by atoms with E-state index in [4.69, 9.17) is 0 Å². The molecule has 1 atom stereocenters. The number of aryl methyl sites for hydroxylation is 1. The van der Waals surface area contributed by atoms with E-state index in [1.807, 2.05) is 13.0 Å². The molecule has 1 heterocycles. The lowest BCUT2D eigenvalue weighted by molar-refractivity contribution is -0.139. The Bertz CT molecular complexity index is 618. The van der Waals surface area contributed by atoms with Crippen LogP contribution in [-0.2, 0) is 19.0 Å². The minimum Gasteiger partial charge on any atom is -0.388 e. The van der Waals surface area contributed by atoms with E-state index in [-0.39, 0.29) is 12.0 Å².